The fraction of sp³-hybridized carbons (Fsp3) is 0.312. The summed E-state index contributed by atoms with van der Waals surface area (Å²) in [7, 11) is 0. The minimum absolute atomic E-state index is 0.0214. The van der Waals surface area contributed by atoms with E-state index >= 15 is 0 Å². The highest BCUT2D eigenvalue weighted by atomic mass is 32.2. The molecule has 1 aliphatic heterocycles. The van der Waals surface area contributed by atoms with Crippen molar-refractivity contribution in [3.63, 3.8) is 0 Å². The van der Waals surface area contributed by atoms with Gasteiger partial charge in [-0.1, -0.05) is 17.8 Å². The molecule has 1 N–H and O–H groups in total. The zero-order chi connectivity index (χ0) is 15.2. The molecule has 2 aromatic heterocycles. The van der Waals surface area contributed by atoms with Gasteiger partial charge in [-0.3, -0.25) is 4.79 Å². The Hall–Kier alpha value is -1.92. The molecule has 2 aromatic rings. The van der Waals surface area contributed by atoms with E-state index in [1.165, 1.54) is 11.8 Å². The minimum Gasteiger partial charge on any atom is -0.378 e. The van der Waals surface area contributed by atoms with Gasteiger partial charge in [-0.15, -0.1) is 0 Å². The van der Waals surface area contributed by atoms with Crippen molar-refractivity contribution >= 4 is 23.4 Å². The summed E-state index contributed by atoms with van der Waals surface area (Å²) in [6.45, 7) is 0.762. The lowest BCUT2D eigenvalue weighted by Crippen LogP contribution is -2.19. The van der Waals surface area contributed by atoms with Gasteiger partial charge < -0.3 is 10.1 Å². The highest BCUT2D eigenvalue weighted by Crippen LogP contribution is 2.25. The summed E-state index contributed by atoms with van der Waals surface area (Å²) in [5, 5.41) is 4.57. The summed E-state index contributed by atoms with van der Waals surface area (Å²) < 4.78 is 5.48. The number of rotatable bonds is 5. The molecule has 5 nitrogen and oxygen atoms in total. The van der Waals surface area contributed by atoms with E-state index in [0.29, 0.717) is 6.42 Å². The first kappa shape index (κ1) is 15.0. The van der Waals surface area contributed by atoms with Gasteiger partial charge in [-0.25, -0.2) is 9.97 Å². The molecule has 1 aliphatic rings. The van der Waals surface area contributed by atoms with E-state index in [-0.39, 0.29) is 12.0 Å². The predicted octanol–water partition coefficient (Wildman–Crippen LogP) is 3.14. The Morgan fingerprint density at radius 1 is 1.27 bits per heavy atom. The quantitative estimate of drug-likeness (QED) is 0.918. The summed E-state index contributed by atoms with van der Waals surface area (Å²) >= 11 is 1.46. The van der Waals surface area contributed by atoms with E-state index in [0.717, 1.165) is 35.2 Å². The van der Waals surface area contributed by atoms with Gasteiger partial charge in [0.25, 0.3) is 0 Å². The molecule has 6 heteroatoms. The van der Waals surface area contributed by atoms with Crippen LogP contribution in [0.5, 0.6) is 0 Å². The van der Waals surface area contributed by atoms with Gasteiger partial charge in [0.15, 0.2) is 0 Å². The number of anilines is 1. The SMILES string of the molecule is O=C(C[C@@H]1CCCO1)Nc1ccnc(Sc2ccccn2)c1. The molecule has 0 bridgehead atoms. The van der Waals surface area contributed by atoms with Gasteiger partial charge in [-0.05, 0) is 37.1 Å². The fourth-order valence-corrected chi connectivity index (χ4v) is 3.06. The highest BCUT2D eigenvalue weighted by molar-refractivity contribution is 7.99. The second-order valence-corrected chi connectivity index (χ2v) is 6.08. The van der Waals surface area contributed by atoms with Crippen LogP contribution in [0.2, 0.25) is 0 Å². The van der Waals surface area contributed by atoms with Crippen LogP contribution in [0, 0.1) is 0 Å². The van der Waals surface area contributed by atoms with Crippen molar-refractivity contribution in [1.82, 2.24) is 9.97 Å². The number of ether oxygens (including phenoxy) is 1. The number of nitrogens with one attached hydrogen (secondary N) is 1. The summed E-state index contributed by atoms with van der Waals surface area (Å²) in [4.78, 5) is 20.6. The first-order valence-electron chi connectivity index (χ1n) is 7.26. The van der Waals surface area contributed by atoms with Crippen molar-refractivity contribution in [3.8, 4) is 0 Å². The average Bonchev–Trinajstić information content (AvgIpc) is 3.01. The first-order valence-corrected chi connectivity index (χ1v) is 8.07. The van der Waals surface area contributed by atoms with Gasteiger partial charge >= 0.3 is 0 Å². The van der Waals surface area contributed by atoms with E-state index in [1.54, 1.807) is 18.5 Å². The number of amides is 1. The number of carbonyl (C=O) groups excluding carboxylic acids is 1. The molecule has 1 amide bonds. The van der Waals surface area contributed by atoms with Gasteiger partial charge in [0.2, 0.25) is 5.91 Å². The highest BCUT2D eigenvalue weighted by Gasteiger charge is 2.19. The molecule has 1 saturated heterocycles. The Kier molecular flexibility index (Phi) is 5.03. The lowest BCUT2D eigenvalue weighted by Gasteiger charge is -2.10. The summed E-state index contributed by atoms with van der Waals surface area (Å²) in [5.74, 6) is -0.0214. The van der Waals surface area contributed by atoms with Crippen LogP contribution >= 0.6 is 11.8 Å². The normalized spacial score (nSPS) is 17.4. The van der Waals surface area contributed by atoms with Gasteiger partial charge in [0.1, 0.15) is 10.1 Å². The Bertz CT molecular complexity index is 630. The van der Waals surface area contributed by atoms with E-state index < -0.39 is 0 Å². The lowest BCUT2D eigenvalue weighted by atomic mass is 10.2. The summed E-state index contributed by atoms with van der Waals surface area (Å²) in [5.41, 5.74) is 0.747. The van der Waals surface area contributed by atoms with E-state index in [1.807, 2.05) is 24.3 Å². The lowest BCUT2D eigenvalue weighted by molar-refractivity contribution is -0.118. The molecule has 0 aliphatic carbocycles. The molecule has 0 unspecified atom stereocenters. The molecular weight excluding hydrogens is 298 g/mol. The van der Waals surface area contributed by atoms with Crippen molar-refractivity contribution in [3.05, 3.63) is 42.7 Å². The van der Waals surface area contributed by atoms with Crippen molar-refractivity contribution in [1.29, 1.82) is 0 Å². The number of pyridine rings is 2. The number of aromatic nitrogens is 2. The first-order chi connectivity index (χ1) is 10.8. The van der Waals surface area contributed by atoms with Crippen molar-refractivity contribution in [2.24, 2.45) is 0 Å². The third-order valence-corrected chi connectivity index (χ3v) is 4.19. The van der Waals surface area contributed by atoms with Gasteiger partial charge in [0, 0.05) is 24.7 Å². The third kappa shape index (κ3) is 4.29. The summed E-state index contributed by atoms with van der Waals surface area (Å²) in [6, 6.07) is 9.37. The van der Waals surface area contributed by atoms with Crippen LogP contribution in [-0.4, -0.2) is 28.6 Å². The molecule has 3 rings (SSSR count). The van der Waals surface area contributed by atoms with Crippen LogP contribution in [0.15, 0.2) is 52.8 Å². The standard InChI is InChI=1S/C16H17N3O2S/c20-14(11-13-4-3-9-21-13)19-12-6-8-18-16(10-12)22-15-5-1-2-7-17-15/h1-2,5-8,10,13H,3-4,9,11H2,(H,18,19,20)/t13-/m0/s1. The minimum atomic E-state index is -0.0214. The van der Waals surface area contributed by atoms with Crippen LogP contribution < -0.4 is 5.32 Å². The van der Waals surface area contributed by atoms with Crippen LogP contribution in [0.1, 0.15) is 19.3 Å². The zero-order valence-corrected chi connectivity index (χ0v) is 12.9. The van der Waals surface area contributed by atoms with Gasteiger partial charge in [-0.2, -0.15) is 0 Å². The molecule has 114 valence electrons. The maximum absolute atomic E-state index is 12.0. The molecule has 0 radical (unpaired) electrons. The van der Waals surface area contributed by atoms with E-state index in [2.05, 4.69) is 15.3 Å². The van der Waals surface area contributed by atoms with Crippen molar-refractivity contribution < 1.29 is 9.53 Å². The molecule has 1 atom stereocenters. The number of hydrogen-bond acceptors (Lipinski definition) is 5. The molecule has 0 spiro atoms. The topological polar surface area (TPSA) is 64.1 Å². The Morgan fingerprint density at radius 2 is 2.18 bits per heavy atom. The second kappa shape index (κ2) is 7.38. The van der Waals surface area contributed by atoms with Crippen LogP contribution in [0.25, 0.3) is 0 Å². The van der Waals surface area contributed by atoms with Crippen LogP contribution in [0.4, 0.5) is 5.69 Å². The maximum Gasteiger partial charge on any atom is 0.226 e. The largest absolute Gasteiger partial charge is 0.378 e. The number of nitrogens with zero attached hydrogens (tertiary/aromatic N) is 2. The predicted molar refractivity (Wildman–Crippen MR) is 84.8 cm³/mol. The van der Waals surface area contributed by atoms with Crippen molar-refractivity contribution in [2.45, 2.75) is 35.4 Å². The van der Waals surface area contributed by atoms with E-state index in [4.69, 9.17) is 4.74 Å². The third-order valence-electron chi connectivity index (χ3n) is 3.30. The average molecular weight is 315 g/mol. The second-order valence-electron chi connectivity index (χ2n) is 5.04. The molecule has 3 heterocycles. The Morgan fingerprint density at radius 3 is 2.95 bits per heavy atom. The zero-order valence-electron chi connectivity index (χ0n) is 12.1. The molecule has 0 saturated carbocycles. The van der Waals surface area contributed by atoms with Crippen LogP contribution in [-0.2, 0) is 9.53 Å². The van der Waals surface area contributed by atoms with Crippen LogP contribution in [0.3, 0.4) is 0 Å². The maximum atomic E-state index is 12.0. The number of carbonyl (C=O) groups is 1. The van der Waals surface area contributed by atoms with E-state index in [9.17, 15) is 4.79 Å². The molecule has 0 aromatic carbocycles. The molecule has 22 heavy (non-hydrogen) atoms. The smallest absolute Gasteiger partial charge is 0.226 e. The number of hydrogen-bond donors (Lipinski definition) is 1. The van der Waals surface area contributed by atoms with Gasteiger partial charge in [0.05, 0.1) is 12.5 Å². The fourth-order valence-electron chi connectivity index (χ4n) is 2.28. The van der Waals surface area contributed by atoms with Crippen molar-refractivity contribution in [2.75, 3.05) is 11.9 Å². The molecular formula is C16H17N3O2S. The Balaban J connectivity index is 1.59. The monoisotopic (exact) mass is 315 g/mol. The summed E-state index contributed by atoms with van der Waals surface area (Å²) in [6.07, 6.45) is 5.90. The Labute approximate surface area is 133 Å². The molecule has 1 fully saturated rings.